The highest BCUT2D eigenvalue weighted by Gasteiger charge is 2.12. The Morgan fingerprint density at radius 1 is 1.00 bits per heavy atom. The van der Waals surface area contributed by atoms with Crippen molar-refractivity contribution in [1.29, 1.82) is 0 Å². The molecule has 0 unspecified atom stereocenters. The Morgan fingerprint density at radius 2 is 1.50 bits per heavy atom. The van der Waals surface area contributed by atoms with Crippen LogP contribution < -0.4 is 5.19 Å². The Morgan fingerprint density at radius 3 is 1.92 bits per heavy atom. The zero-order chi connectivity index (χ0) is 9.30. The molecule has 0 N–H and O–H groups in total. The number of rotatable bonds is 1. The summed E-state index contributed by atoms with van der Waals surface area (Å²) in [4.78, 5) is 0. The van der Waals surface area contributed by atoms with Gasteiger partial charge < -0.3 is 0 Å². The lowest BCUT2D eigenvalue weighted by Crippen LogP contribution is -2.25. The quantitative estimate of drug-likeness (QED) is 0.521. The number of halogens is 3. The van der Waals surface area contributed by atoms with Crippen LogP contribution in [0.5, 0.6) is 0 Å². The van der Waals surface area contributed by atoms with Crippen molar-refractivity contribution in [3.05, 3.63) is 27.2 Å². The van der Waals surface area contributed by atoms with Gasteiger partial charge in [0, 0.05) is 5.02 Å². The Bertz CT molecular complexity index is 297. The summed E-state index contributed by atoms with van der Waals surface area (Å²) < 4.78 is 0. The topological polar surface area (TPSA) is 0 Å². The fourth-order valence-corrected chi connectivity index (χ4v) is 4.32. The van der Waals surface area contributed by atoms with Crippen LogP contribution in [-0.2, 0) is 0 Å². The van der Waals surface area contributed by atoms with Gasteiger partial charge in [0.15, 0.2) is 0 Å². The zero-order valence-electron chi connectivity index (χ0n) is 6.87. The molecule has 0 saturated carbocycles. The molecule has 0 amide bonds. The van der Waals surface area contributed by atoms with E-state index in [1.54, 1.807) is 12.1 Å². The van der Waals surface area contributed by atoms with Crippen molar-refractivity contribution in [3.8, 4) is 0 Å². The Kier molecular flexibility index (Phi) is 3.47. The highest BCUT2D eigenvalue weighted by molar-refractivity contribution is 6.76. The van der Waals surface area contributed by atoms with Crippen LogP contribution in [0, 0.1) is 0 Å². The highest BCUT2D eigenvalue weighted by atomic mass is 35.5. The maximum Gasteiger partial charge on any atom is 0.0687 e. The van der Waals surface area contributed by atoms with E-state index in [9.17, 15) is 0 Å². The maximum absolute atomic E-state index is 6.01. The Labute approximate surface area is 89.0 Å². The molecule has 0 aliphatic heterocycles. The minimum absolute atomic E-state index is 0.595. The van der Waals surface area contributed by atoms with Gasteiger partial charge in [-0.1, -0.05) is 47.9 Å². The predicted octanol–water partition coefficient (Wildman–Crippen LogP) is 3.34. The lowest BCUT2D eigenvalue weighted by atomic mass is 10.3. The summed E-state index contributed by atoms with van der Waals surface area (Å²) in [5.41, 5.74) is 0. The molecule has 0 radical (unpaired) electrons. The molecule has 0 fully saturated rings. The second-order valence-corrected chi connectivity index (χ2v) is 6.99. The second kappa shape index (κ2) is 4.01. The van der Waals surface area contributed by atoms with Gasteiger partial charge in [-0.2, -0.15) is 0 Å². The van der Waals surface area contributed by atoms with Crippen molar-refractivity contribution in [2.45, 2.75) is 13.1 Å². The summed E-state index contributed by atoms with van der Waals surface area (Å²) in [5.74, 6) is 0. The summed E-state index contributed by atoms with van der Waals surface area (Å²) in [6.45, 7) is 4.34. The molecule has 1 aromatic rings. The van der Waals surface area contributed by atoms with Crippen LogP contribution in [0.25, 0.3) is 0 Å². The van der Waals surface area contributed by atoms with Crippen molar-refractivity contribution < 1.29 is 0 Å². The van der Waals surface area contributed by atoms with Gasteiger partial charge in [-0.15, -0.1) is 0 Å². The van der Waals surface area contributed by atoms with Gasteiger partial charge >= 0.3 is 0 Å². The average molecular weight is 240 g/mol. The van der Waals surface area contributed by atoms with Crippen LogP contribution in [0.4, 0.5) is 0 Å². The third kappa shape index (κ3) is 1.97. The van der Waals surface area contributed by atoms with Crippen LogP contribution >= 0.6 is 34.8 Å². The molecule has 1 aromatic carbocycles. The fourth-order valence-electron chi connectivity index (χ4n) is 1.07. The van der Waals surface area contributed by atoms with Crippen LogP contribution in [0.2, 0.25) is 28.2 Å². The molecule has 4 heteroatoms. The first-order valence-corrected chi connectivity index (χ1v) is 7.69. The number of benzene rings is 1. The van der Waals surface area contributed by atoms with Gasteiger partial charge in [0.2, 0.25) is 0 Å². The van der Waals surface area contributed by atoms with E-state index in [0.29, 0.717) is 10.0 Å². The van der Waals surface area contributed by atoms with Gasteiger partial charge in [-0.25, -0.2) is 0 Å². The number of hydrogen-bond donors (Lipinski definition) is 0. The zero-order valence-corrected chi connectivity index (χ0v) is 10.3. The predicted molar refractivity (Wildman–Crippen MR) is 60.0 cm³/mol. The molecule has 0 bridgehead atoms. The molecular weight excluding hydrogens is 231 g/mol. The van der Waals surface area contributed by atoms with E-state index in [1.165, 1.54) is 0 Å². The molecule has 0 heterocycles. The van der Waals surface area contributed by atoms with Gasteiger partial charge in [-0.05, 0) is 17.3 Å². The van der Waals surface area contributed by atoms with Crippen LogP contribution in [0.1, 0.15) is 0 Å². The second-order valence-electron chi connectivity index (χ2n) is 2.91. The first-order chi connectivity index (χ1) is 5.54. The van der Waals surface area contributed by atoms with E-state index in [2.05, 4.69) is 13.1 Å². The van der Waals surface area contributed by atoms with E-state index < -0.39 is 8.80 Å². The molecule has 0 saturated heterocycles. The van der Waals surface area contributed by atoms with Gasteiger partial charge in [0.1, 0.15) is 0 Å². The van der Waals surface area contributed by atoms with Crippen LogP contribution in [0.15, 0.2) is 12.1 Å². The van der Waals surface area contributed by atoms with Crippen molar-refractivity contribution in [2.24, 2.45) is 0 Å². The standard InChI is InChI=1S/C8H9Cl3Si/c1-12(2)8-6(10)4-3-5(9)7(8)11/h3-4,12H,1-2H3. The fraction of sp³-hybridized carbons (Fsp3) is 0.250. The summed E-state index contributed by atoms with van der Waals surface area (Å²) in [6, 6.07) is 3.53. The van der Waals surface area contributed by atoms with Gasteiger partial charge in [-0.3, -0.25) is 0 Å². The molecule has 12 heavy (non-hydrogen) atoms. The molecule has 0 nitrogen and oxygen atoms in total. The normalized spacial score (nSPS) is 10.8. The van der Waals surface area contributed by atoms with Gasteiger partial charge in [0.25, 0.3) is 0 Å². The van der Waals surface area contributed by atoms with Crippen molar-refractivity contribution in [2.75, 3.05) is 0 Å². The molecule has 1 rings (SSSR count). The SMILES string of the molecule is C[SiH](C)c1c(Cl)ccc(Cl)c1Cl. The molecule has 0 atom stereocenters. The Hall–Kier alpha value is 0.307. The van der Waals surface area contributed by atoms with E-state index in [4.69, 9.17) is 34.8 Å². The molecular formula is C8H9Cl3Si. The first-order valence-electron chi connectivity index (χ1n) is 3.67. The molecule has 0 aliphatic carbocycles. The molecule has 66 valence electrons. The smallest absolute Gasteiger partial charge is 0.0687 e. The summed E-state index contributed by atoms with van der Waals surface area (Å²) in [7, 11) is -0.984. The van der Waals surface area contributed by atoms with Gasteiger partial charge in [0.05, 0.1) is 18.8 Å². The monoisotopic (exact) mass is 238 g/mol. The minimum atomic E-state index is -0.984. The third-order valence-corrected chi connectivity index (χ3v) is 4.93. The molecule has 0 aliphatic rings. The summed E-state index contributed by atoms with van der Waals surface area (Å²) in [5, 5.41) is 3.03. The van der Waals surface area contributed by atoms with Crippen LogP contribution in [0.3, 0.4) is 0 Å². The maximum atomic E-state index is 6.01. The highest BCUT2D eigenvalue weighted by Crippen LogP contribution is 2.23. The first kappa shape index (κ1) is 10.4. The lowest BCUT2D eigenvalue weighted by molar-refractivity contribution is 1.73. The van der Waals surface area contributed by atoms with E-state index in [0.717, 1.165) is 10.2 Å². The van der Waals surface area contributed by atoms with Crippen molar-refractivity contribution in [1.82, 2.24) is 0 Å². The van der Waals surface area contributed by atoms with Crippen molar-refractivity contribution in [3.63, 3.8) is 0 Å². The summed E-state index contributed by atoms with van der Waals surface area (Å²) in [6.07, 6.45) is 0. The third-order valence-electron chi connectivity index (χ3n) is 1.66. The largest absolute Gasteiger partial charge is 0.0844 e. The van der Waals surface area contributed by atoms with E-state index in [-0.39, 0.29) is 0 Å². The number of hydrogen-bond acceptors (Lipinski definition) is 0. The van der Waals surface area contributed by atoms with Crippen molar-refractivity contribution >= 4 is 48.8 Å². The molecule has 0 spiro atoms. The minimum Gasteiger partial charge on any atom is -0.0844 e. The summed E-state index contributed by atoms with van der Waals surface area (Å²) >= 11 is 17.9. The molecule has 0 aromatic heterocycles. The van der Waals surface area contributed by atoms with Crippen LogP contribution in [-0.4, -0.2) is 8.80 Å². The van der Waals surface area contributed by atoms with E-state index in [1.807, 2.05) is 0 Å². The Balaban J connectivity index is 3.33. The average Bonchev–Trinajstić information content (AvgIpc) is 1.97. The van der Waals surface area contributed by atoms with E-state index >= 15 is 0 Å². The lowest BCUT2D eigenvalue weighted by Gasteiger charge is -2.10.